The summed E-state index contributed by atoms with van der Waals surface area (Å²) in [4.78, 5) is 0. The normalized spacial score (nSPS) is 17.8. The highest BCUT2D eigenvalue weighted by Crippen LogP contribution is 2.29. The van der Waals surface area contributed by atoms with Gasteiger partial charge in [-0.25, -0.2) is 9.07 Å². The zero-order chi connectivity index (χ0) is 11.8. The molecule has 2 aromatic rings. The third kappa shape index (κ3) is 1.93. The molecular formula is C11H11FN4O. The quantitative estimate of drug-likeness (QED) is 0.842. The fourth-order valence-electron chi connectivity index (χ4n) is 2.00. The number of nitrogens with zero attached hydrogens (tertiary/aromatic N) is 3. The Labute approximate surface area is 97.0 Å². The summed E-state index contributed by atoms with van der Waals surface area (Å²) in [6, 6.07) is 4.56. The molecule has 1 unspecified atom stereocenters. The first-order valence-electron chi connectivity index (χ1n) is 5.31. The molecule has 3 rings (SSSR count). The minimum atomic E-state index is -0.238. The fourth-order valence-corrected chi connectivity index (χ4v) is 2.00. The zero-order valence-electron chi connectivity index (χ0n) is 9.01. The Morgan fingerprint density at radius 1 is 1.53 bits per heavy atom. The second kappa shape index (κ2) is 3.73. The first-order chi connectivity index (χ1) is 8.20. The average Bonchev–Trinajstić information content (AvgIpc) is 2.84. The maximum atomic E-state index is 13.0. The minimum Gasteiger partial charge on any atom is -0.488 e. The highest BCUT2D eigenvalue weighted by Gasteiger charge is 2.23. The van der Waals surface area contributed by atoms with Crippen LogP contribution in [0.3, 0.4) is 0 Å². The van der Waals surface area contributed by atoms with Gasteiger partial charge in [-0.05, 0) is 18.2 Å². The molecule has 0 radical (unpaired) electrons. The van der Waals surface area contributed by atoms with Crippen LogP contribution in [0.25, 0.3) is 0 Å². The largest absolute Gasteiger partial charge is 0.488 e. The zero-order valence-corrected chi connectivity index (χ0v) is 9.01. The van der Waals surface area contributed by atoms with Crippen molar-refractivity contribution in [3.05, 3.63) is 35.8 Å². The Hall–Kier alpha value is -2.11. The lowest BCUT2D eigenvalue weighted by Gasteiger charge is -2.09. The first-order valence-corrected chi connectivity index (χ1v) is 5.31. The second-order valence-corrected chi connectivity index (χ2v) is 4.06. The van der Waals surface area contributed by atoms with Gasteiger partial charge >= 0.3 is 0 Å². The van der Waals surface area contributed by atoms with Gasteiger partial charge in [-0.1, -0.05) is 5.21 Å². The number of benzene rings is 1. The minimum absolute atomic E-state index is 0.0482. The van der Waals surface area contributed by atoms with Crippen LogP contribution in [-0.2, 0) is 13.0 Å². The Morgan fingerprint density at radius 3 is 3.18 bits per heavy atom. The number of hydrogen-bond acceptors (Lipinski definition) is 4. The molecule has 0 fully saturated rings. The van der Waals surface area contributed by atoms with Crippen LogP contribution >= 0.6 is 0 Å². The number of halogens is 1. The molecule has 0 spiro atoms. The molecule has 6 heteroatoms. The van der Waals surface area contributed by atoms with Gasteiger partial charge in [-0.15, -0.1) is 5.10 Å². The monoisotopic (exact) mass is 234 g/mol. The molecule has 0 bridgehead atoms. The number of rotatable bonds is 2. The van der Waals surface area contributed by atoms with Gasteiger partial charge in [0.15, 0.2) is 5.82 Å². The van der Waals surface area contributed by atoms with E-state index in [1.807, 2.05) is 0 Å². The SMILES string of the molecule is Nc1cn(CC2Cc3cc(F)ccc3O2)nn1. The number of hydrogen-bond donors (Lipinski definition) is 1. The van der Waals surface area contributed by atoms with Crippen molar-refractivity contribution in [3.8, 4) is 5.75 Å². The highest BCUT2D eigenvalue weighted by molar-refractivity contribution is 5.37. The molecule has 1 atom stereocenters. The van der Waals surface area contributed by atoms with Gasteiger partial charge in [0, 0.05) is 12.0 Å². The molecule has 17 heavy (non-hydrogen) atoms. The number of nitrogen functional groups attached to an aromatic ring is 1. The van der Waals surface area contributed by atoms with E-state index in [1.54, 1.807) is 16.9 Å². The van der Waals surface area contributed by atoms with Crippen LogP contribution in [0.15, 0.2) is 24.4 Å². The van der Waals surface area contributed by atoms with Crippen molar-refractivity contribution < 1.29 is 9.13 Å². The Morgan fingerprint density at radius 2 is 2.41 bits per heavy atom. The number of nitrogens with two attached hydrogens (primary N) is 1. The van der Waals surface area contributed by atoms with E-state index in [4.69, 9.17) is 10.5 Å². The predicted molar refractivity (Wildman–Crippen MR) is 59.0 cm³/mol. The summed E-state index contributed by atoms with van der Waals surface area (Å²) in [7, 11) is 0. The van der Waals surface area contributed by atoms with Crippen LogP contribution in [0.1, 0.15) is 5.56 Å². The van der Waals surface area contributed by atoms with Crippen molar-refractivity contribution >= 4 is 5.82 Å². The van der Waals surface area contributed by atoms with Gasteiger partial charge in [-0.3, -0.25) is 0 Å². The second-order valence-electron chi connectivity index (χ2n) is 4.06. The molecule has 0 saturated heterocycles. The topological polar surface area (TPSA) is 66.0 Å². The smallest absolute Gasteiger partial charge is 0.165 e. The summed E-state index contributed by atoms with van der Waals surface area (Å²) in [5.41, 5.74) is 6.36. The molecule has 1 aliphatic rings. The molecule has 88 valence electrons. The van der Waals surface area contributed by atoms with Crippen molar-refractivity contribution in [2.75, 3.05) is 5.73 Å². The van der Waals surface area contributed by atoms with E-state index in [9.17, 15) is 4.39 Å². The molecule has 2 N–H and O–H groups in total. The molecule has 1 aromatic heterocycles. The number of aromatic nitrogens is 3. The lowest BCUT2D eigenvalue weighted by molar-refractivity contribution is 0.202. The number of ether oxygens (including phenoxy) is 1. The van der Waals surface area contributed by atoms with Crippen molar-refractivity contribution in [1.82, 2.24) is 15.0 Å². The molecule has 0 amide bonds. The Balaban J connectivity index is 1.74. The molecule has 1 aromatic carbocycles. The van der Waals surface area contributed by atoms with E-state index in [0.29, 0.717) is 18.8 Å². The standard InChI is InChI=1S/C11H11FN4O/c12-8-1-2-10-7(3-8)4-9(17-10)5-16-6-11(13)14-15-16/h1-3,6,9H,4-5,13H2. The summed E-state index contributed by atoms with van der Waals surface area (Å²) in [6.45, 7) is 0.556. The van der Waals surface area contributed by atoms with Crippen molar-refractivity contribution in [2.24, 2.45) is 0 Å². The van der Waals surface area contributed by atoms with Crippen LogP contribution in [-0.4, -0.2) is 21.1 Å². The third-order valence-electron chi connectivity index (χ3n) is 2.71. The van der Waals surface area contributed by atoms with Crippen molar-refractivity contribution in [2.45, 2.75) is 19.1 Å². The van der Waals surface area contributed by atoms with Crippen molar-refractivity contribution in [1.29, 1.82) is 0 Å². The lowest BCUT2D eigenvalue weighted by Crippen LogP contribution is -2.21. The highest BCUT2D eigenvalue weighted by atomic mass is 19.1. The van der Waals surface area contributed by atoms with Crippen LogP contribution in [0.5, 0.6) is 5.75 Å². The van der Waals surface area contributed by atoms with Crippen LogP contribution in [0.2, 0.25) is 0 Å². The van der Waals surface area contributed by atoms with Crippen LogP contribution in [0, 0.1) is 5.82 Å². The molecule has 2 heterocycles. The van der Waals surface area contributed by atoms with Gasteiger partial charge < -0.3 is 10.5 Å². The van der Waals surface area contributed by atoms with Crippen LogP contribution in [0.4, 0.5) is 10.2 Å². The van der Waals surface area contributed by atoms with E-state index < -0.39 is 0 Å². The summed E-state index contributed by atoms with van der Waals surface area (Å²) in [5, 5.41) is 7.54. The van der Waals surface area contributed by atoms with E-state index in [-0.39, 0.29) is 11.9 Å². The molecule has 0 aliphatic carbocycles. The molecule has 1 aliphatic heterocycles. The van der Waals surface area contributed by atoms with Gasteiger partial charge in [0.1, 0.15) is 17.7 Å². The molecular weight excluding hydrogens is 223 g/mol. The molecule has 5 nitrogen and oxygen atoms in total. The summed E-state index contributed by atoms with van der Waals surface area (Å²) in [5.74, 6) is 0.883. The number of anilines is 1. The van der Waals surface area contributed by atoms with Crippen LogP contribution < -0.4 is 10.5 Å². The van der Waals surface area contributed by atoms with Crippen molar-refractivity contribution in [3.63, 3.8) is 0 Å². The maximum Gasteiger partial charge on any atom is 0.165 e. The van der Waals surface area contributed by atoms with E-state index in [1.165, 1.54) is 12.1 Å². The first kappa shape index (κ1) is 10.1. The van der Waals surface area contributed by atoms with Gasteiger partial charge in [0.05, 0.1) is 12.7 Å². The average molecular weight is 234 g/mol. The lowest BCUT2D eigenvalue weighted by atomic mass is 10.1. The summed E-state index contributed by atoms with van der Waals surface area (Å²) >= 11 is 0. The van der Waals surface area contributed by atoms with E-state index in [0.717, 1.165) is 11.3 Å². The van der Waals surface area contributed by atoms with Gasteiger partial charge in [0.2, 0.25) is 0 Å². The Kier molecular flexibility index (Phi) is 2.21. The predicted octanol–water partition coefficient (Wildman–Crippen LogP) is 1.00. The fraction of sp³-hybridized carbons (Fsp3) is 0.273. The third-order valence-corrected chi connectivity index (χ3v) is 2.71. The summed E-state index contributed by atoms with van der Waals surface area (Å²) < 4.78 is 20.3. The van der Waals surface area contributed by atoms with E-state index >= 15 is 0 Å². The van der Waals surface area contributed by atoms with E-state index in [2.05, 4.69) is 10.3 Å². The van der Waals surface area contributed by atoms with Gasteiger partial charge in [-0.2, -0.15) is 0 Å². The number of fused-ring (bicyclic) bond motifs is 1. The maximum absolute atomic E-state index is 13.0. The summed E-state index contributed by atoms with van der Waals surface area (Å²) in [6.07, 6.45) is 2.27. The Bertz CT molecular complexity index is 552. The van der Waals surface area contributed by atoms with Gasteiger partial charge in [0.25, 0.3) is 0 Å². The molecule has 0 saturated carbocycles.